The zero-order valence-corrected chi connectivity index (χ0v) is 30.5. The van der Waals surface area contributed by atoms with E-state index < -0.39 is 0 Å². The van der Waals surface area contributed by atoms with E-state index in [9.17, 15) is 0 Å². The maximum atomic E-state index is 15.4. The lowest BCUT2D eigenvalue weighted by atomic mass is 9.98. The van der Waals surface area contributed by atoms with E-state index in [2.05, 4.69) is 166 Å². The van der Waals surface area contributed by atoms with Gasteiger partial charge in [0.25, 0.3) is 5.56 Å². The molecule has 1 aliphatic rings. The van der Waals surface area contributed by atoms with Gasteiger partial charge in [-0.2, -0.15) is 0 Å². The number of rotatable bonds is 4. The van der Waals surface area contributed by atoms with E-state index in [4.69, 9.17) is 9.97 Å². The first kappa shape index (κ1) is 31.9. The number of hydrogen-bond donors (Lipinski definition) is 1. The van der Waals surface area contributed by atoms with Crippen LogP contribution in [0.4, 0.5) is 0 Å². The molecule has 0 radical (unpaired) electrons. The Bertz CT molecular complexity index is 3110. The Kier molecular flexibility index (Phi) is 7.14. The van der Waals surface area contributed by atoms with Gasteiger partial charge in [-0.25, -0.2) is 4.98 Å². The average molecular weight is 697 g/mol. The minimum Gasteiger partial charge on any atom is -0.354 e. The molecule has 5 aromatic heterocycles. The molecule has 9 aromatic rings. The van der Waals surface area contributed by atoms with Gasteiger partial charge in [0.15, 0.2) is 0 Å². The van der Waals surface area contributed by atoms with Crippen LogP contribution in [0.25, 0.3) is 95.0 Å². The predicted molar refractivity (Wildman–Crippen MR) is 225 cm³/mol. The van der Waals surface area contributed by atoms with Gasteiger partial charge in [0, 0.05) is 44.9 Å². The lowest BCUT2D eigenvalue weighted by Gasteiger charge is -2.11. The van der Waals surface area contributed by atoms with Gasteiger partial charge in [-0.1, -0.05) is 119 Å². The van der Waals surface area contributed by atoms with Gasteiger partial charge in [0.2, 0.25) is 0 Å². The van der Waals surface area contributed by atoms with Crippen LogP contribution in [0.5, 0.6) is 0 Å². The summed E-state index contributed by atoms with van der Waals surface area (Å²) in [5.74, 6) is 0. The first-order chi connectivity index (χ1) is 26.3. The van der Waals surface area contributed by atoms with Crippen molar-refractivity contribution in [2.24, 2.45) is 0 Å². The third kappa shape index (κ3) is 4.96. The summed E-state index contributed by atoms with van der Waals surface area (Å²) in [4.78, 5) is 29.8. The highest BCUT2D eigenvalue weighted by atomic mass is 16.1. The summed E-state index contributed by atoms with van der Waals surface area (Å²) in [6.07, 6.45) is 6.08. The highest BCUT2D eigenvalue weighted by molar-refractivity contribution is 6.15. The second kappa shape index (κ2) is 12.1. The van der Waals surface area contributed by atoms with Crippen molar-refractivity contribution in [2.75, 3.05) is 0 Å². The fraction of sp³-hybridized carbons (Fsp3) is 0.0816. The largest absolute Gasteiger partial charge is 0.354 e. The molecule has 1 aliphatic heterocycles. The number of hydrogen-bond acceptors (Lipinski definition) is 3. The molecule has 10 rings (SSSR count). The van der Waals surface area contributed by atoms with Crippen LogP contribution in [0.3, 0.4) is 0 Å². The minimum atomic E-state index is -0.111. The molecule has 0 saturated carbocycles. The lowest BCUT2D eigenvalue weighted by molar-refractivity contribution is 1.20. The molecular weight excluding hydrogens is 661 g/mol. The second-order valence-electron chi connectivity index (χ2n) is 14.6. The summed E-state index contributed by atoms with van der Waals surface area (Å²) in [6.45, 7) is 8.38. The highest BCUT2D eigenvalue weighted by Gasteiger charge is 2.24. The molecule has 4 aromatic carbocycles. The summed E-state index contributed by atoms with van der Waals surface area (Å²) in [5, 5.41) is 1.42. The fourth-order valence-electron chi connectivity index (χ4n) is 8.08. The Labute approximate surface area is 312 Å². The number of aromatic nitrogens is 4. The van der Waals surface area contributed by atoms with Crippen LogP contribution < -0.4 is 5.56 Å². The lowest BCUT2D eigenvalue weighted by Crippen LogP contribution is -2.13. The Morgan fingerprint density at radius 2 is 0.907 bits per heavy atom. The molecule has 5 nitrogen and oxygen atoms in total. The van der Waals surface area contributed by atoms with Gasteiger partial charge in [0.1, 0.15) is 0 Å². The van der Waals surface area contributed by atoms with E-state index in [-0.39, 0.29) is 5.56 Å². The third-order valence-electron chi connectivity index (χ3n) is 10.9. The van der Waals surface area contributed by atoms with Crippen molar-refractivity contribution in [3.05, 3.63) is 172 Å². The van der Waals surface area contributed by atoms with Crippen molar-refractivity contribution in [3.63, 3.8) is 0 Å². The third-order valence-corrected chi connectivity index (χ3v) is 10.9. The van der Waals surface area contributed by atoms with Crippen LogP contribution in [0.15, 0.2) is 132 Å². The molecule has 258 valence electrons. The number of benzene rings is 4. The van der Waals surface area contributed by atoms with Gasteiger partial charge >= 0.3 is 0 Å². The predicted octanol–water partition coefficient (Wildman–Crippen LogP) is 11.8. The number of pyridine rings is 1. The van der Waals surface area contributed by atoms with Crippen LogP contribution in [-0.2, 0) is 0 Å². The average Bonchev–Trinajstić information content (AvgIpc) is 4.01. The van der Waals surface area contributed by atoms with Gasteiger partial charge in [-0.15, -0.1) is 0 Å². The standard InChI is InChI=1S/C49H36N4O/c1-28-5-13-32(14-6-28)43-36-27-50-48-46(35-19-11-31(4)12-20-35)40-24-22-38(52-40)44(33-15-7-29(2)8-16-33)37-21-23-39(51-37)45(34-17-9-30(3)10-18-34)42-26-25-41(43)53(42)49(54)47(36)48/h5-27,52H,1-4H3. The van der Waals surface area contributed by atoms with Gasteiger partial charge in [-0.3, -0.25) is 14.2 Å². The van der Waals surface area contributed by atoms with E-state index in [1.54, 1.807) is 0 Å². The topological polar surface area (TPSA) is 63.0 Å². The van der Waals surface area contributed by atoms with E-state index in [0.29, 0.717) is 10.9 Å². The maximum Gasteiger partial charge on any atom is 0.265 e. The zero-order chi connectivity index (χ0) is 36.7. The molecule has 0 fully saturated rings. The Balaban J connectivity index is 1.49. The summed E-state index contributed by atoms with van der Waals surface area (Å²) in [7, 11) is 0. The molecule has 1 N–H and O–H groups in total. The van der Waals surface area contributed by atoms with Crippen molar-refractivity contribution < 1.29 is 0 Å². The van der Waals surface area contributed by atoms with Gasteiger partial charge in [-0.05, 0) is 86.4 Å². The first-order valence-corrected chi connectivity index (χ1v) is 18.4. The van der Waals surface area contributed by atoms with E-state index in [0.717, 1.165) is 94.5 Å². The summed E-state index contributed by atoms with van der Waals surface area (Å²) >= 11 is 0. The van der Waals surface area contributed by atoms with Crippen LogP contribution in [0.2, 0.25) is 0 Å². The smallest absolute Gasteiger partial charge is 0.265 e. The van der Waals surface area contributed by atoms with Crippen LogP contribution in [-0.4, -0.2) is 19.4 Å². The molecule has 0 aliphatic carbocycles. The minimum absolute atomic E-state index is 0.111. The van der Waals surface area contributed by atoms with Crippen molar-refractivity contribution in [1.82, 2.24) is 19.4 Å². The molecule has 6 heterocycles. The molecule has 6 bridgehead atoms. The molecule has 54 heavy (non-hydrogen) atoms. The quantitative estimate of drug-likeness (QED) is 0.199. The molecule has 0 saturated heterocycles. The Morgan fingerprint density at radius 3 is 1.44 bits per heavy atom. The van der Waals surface area contributed by atoms with E-state index >= 15 is 4.79 Å². The van der Waals surface area contributed by atoms with Crippen molar-refractivity contribution >= 4 is 50.5 Å². The van der Waals surface area contributed by atoms with Crippen molar-refractivity contribution in [1.29, 1.82) is 0 Å². The fourth-order valence-corrected chi connectivity index (χ4v) is 8.08. The normalized spacial score (nSPS) is 12.1. The van der Waals surface area contributed by atoms with Crippen LogP contribution in [0, 0.1) is 27.7 Å². The number of nitrogens with zero attached hydrogens (tertiary/aromatic N) is 3. The van der Waals surface area contributed by atoms with Gasteiger partial charge < -0.3 is 4.98 Å². The molecule has 5 heteroatoms. The SMILES string of the molecule is Cc1ccc(-c2c3nc(c(-c4ccc(C)cc4)c4ccc5c(-c6ccc(C)cc6)c6cnc(c(-c7ccc(C)cc7)c7ccc2[nH]7)c6c(=O)n45)C=C3)cc1. The number of fused-ring (bicyclic) bond motifs is 4. The highest BCUT2D eigenvalue weighted by Crippen LogP contribution is 2.41. The first-order valence-electron chi connectivity index (χ1n) is 18.4. The second-order valence-corrected chi connectivity index (χ2v) is 14.6. The number of H-pyrrole nitrogens is 1. The Morgan fingerprint density at radius 1 is 0.481 bits per heavy atom. The zero-order valence-electron chi connectivity index (χ0n) is 30.5. The summed E-state index contributed by atoms with van der Waals surface area (Å²) in [6, 6.07) is 42.5. The van der Waals surface area contributed by atoms with E-state index in [1.807, 2.05) is 10.6 Å². The number of nitrogens with one attached hydrogen (secondary N) is 1. The van der Waals surface area contributed by atoms with Crippen molar-refractivity contribution in [3.8, 4) is 44.5 Å². The van der Waals surface area contributed by atoms with Crippen LogP contribution >= 0.6 is 0 Å². The summed E-state index contributed by atoms with van der Waals surface area (Å²) in [5.41, 5.74) is 18.1. The van der Waals surface area contributed by atoms with E-state index in [1.165, 1.54) is 11.1 Å². The molecule has 0 atom stereocenters. The maximum absolute atomic E-state index is 15.4. The molecular formula is C49H36N4O. The Hall–Kier alpha value is -6.85. The molecule has 0 unspecified atom stereocenters. The van der Waals surface area contributed by atoms with Gasteiger partial charge in [0.05, 0.1) is 33.3 Å². The monoisotopic (exact) mass is 696 g/mol. The molecule has 0 spiro atoms. The molecule has 0 amide bonds. The summed E-state index contributed by atoms with van der Waals surface area (Å²) < 4.78 is 1.90. The number of aryl methyl sites for hydroxylation is 4. The number of aromatic amines is 1. The van der Waals surface area contributed by atoms with Crippen LogP contribution in [0.1, 0.15) is 33.6 Å². The van der Waals surface area contributed by atoms with Crippen molar-refractivity contribution in [2.45, 2.75) is 27.7 Å².